The first-order chi connectivity index (χ1) is 5.90. The van der Waals surface area contributed by atoms with E-state index in [1.54, 1.807) is 0 Å². The Kier molecular flexibility index (Phi) is 2.42. The van der Waals surface area contributed by atoms with E-state index in [4.69, 9.17) is 0 Å². The summed E-state index contributed by atoms with van der Waals surface area (Å²) in [5.41, 5.74) is 0. The Balaban J connectivity index is 2.05. The van der Waals surface area contributed by atoms with Crippen LogP contribution in [0.4, 0.5) is 0 Å². The molecule has 2 rings (SSSR count). The third kappa shape index (κ3) is 1.52. The van der Waals surface area contributed by atoms with Crippen LogP contribution in [-0.4, -0.2) is 31.5 Å². The average molecular weight is 168 g/mol. The SMILES string of the molecule is O=CC1CNCC2CCCC1N2. The van der Waals surface area contributed by atoms with E-state index in [1.807, 2.05) is 0 Å². The summed E-state index contributed by atoms with van der Waals surface area (Å²) in [6, 6.07) is 1.05. The molecule has 12 heavy (non-hydrogen) atoms. The summed E-state index contributed by atoms with van der Waals surface area (Å²) >= 11 is 0. The van der Waals surface area contributed by atoms with Gasteiger partial charge in [-0.2, -0.15) is 0 Å². The van der Waals surface area contributed by atoms with Crippen LogP contribution in [0.2, 0.25) is 0 Å². The van der Waals surface area contributed by atoms with Crippen LogP contribution in [0.5, 0.6) is 0 Å². The first kappa shape index (κ1) is 8.20. The zero-order valence-electron chi connectivity index (χ0n) is 7.25. The van der Waals surface area contributed by atoms with Gasteiger partial charge < -0.3 is 15.4 Å². The maximum atomic E-state index is 10.7. The molecule has 2 aliphatic rings. The van der Waals surface area contributed by atoms with Crippen molar-refractivity contribution in [1.82, 2.24) is 10.6 Å². The van der Waals surface area contributed by atoms with Gasteiger partial charge in [0.05, 0.1) is 0 Å². The fraction of sp³-hybridized carbons (Fsp3) is 0.889. The monoisotopic (exact) mass is 168 g/mol. The van der Waals surface area contributed by atoms with Crippen LogP contribution >= 0.6 is 0 Å². The fourth-order valence-electron chi connectivity index (χ4n) is 2.26. The van der Waals surface area contributed by atoms with Crippen molar-refractivity contribution >= 4 is 6.29 Å². The summed E-state index contributed by atoms with van der Waals surface area (Å²) in [6.07, 6.45) is 4.80. The minimum Gasteiger partial charge on any atom is -0.314 e. The van der Waals surface area contributed by atoms with Crippen molar-refractivity contribution in [3.05, 3.63) is 0 Å². The molecule has 2 aliphatic heterocycles. The summed E-state index contributed by atoms with van der Waals surface area (Å²) in [7, 11) is 0. The van der Waals surface area contributed by atoms with E-state index < -0.39 is 0 Å². The first-order valence-corrected chi connectivity index (χ1v) is 4.82. The van der Waals surface area contributed by atoms with E-state index >= 15 is 0 Å². The lowest BCUT2D eigenvalue weighted by molar-refractivity contribution is -0.111. The van der Waals surface area contributed by atoms with E-state index in [2.05, 4.69) is 10.6 Å². The molecule has 0 saturated carbocycles. The summed E-state index contributed by atoms with van der Waals surface area (Å²) in [6.45, 7) is 1.89. The second-order valence-electron chi connectivity index (χ2n) is 3.86. The highest BCUT2D eigenvalue weighted by Crippen LogP contribution is 2.19. The number of fused-ring (bicyclic) bond motifs is 2. The Morgan fingerprint density at radius 2 is 2.17 bits per heavy atom. The average Bonchev–Trinajstić information content (AvgIpc) is 2.25. The van der Waals surface area contributed by atoms with Gasteiger partial charge in [0.1, 0.15) is 6.29 Å². The number of carbonyl (C=O) groups is 1. The molecule has 68 valence electrons. The fourth-order valence-corrected chi connectivity index (χ4v) is 2.26. The number of carbonyl (C=O) groups excluding carboxylic acids is 1. The second kappa shape index (κ2) is 3.54. The van der Waals surface area contributed by atoms with E-state index in [1.165, 1.54) is 19.3 Å². The minimum absolute atomic E-state index is 0.190. The molecule has 0 aromatic rings. The zero-order chi connectivity index (χ0) is 8.39. The highest BCUT2D eigenvalue weighted by molar-refractivity contribution is 5.55. The van der Waals surface area contributed by atoms with E-state index in [0.717, 1.165) is 19.4 Å². The molecular weight excluding hydrogens is 152 g/mol. The lowest BCUT2D eigenvalue weighted by Gasteiger charge is -2.30. The van der Waals surface area contributed by atoms with Gasteiger partial charge in [0.15, 0.2) is 0 Å². The second-order valence-corrected chi connectivity index (χ2v) is 3.86. The van der Waals surface area contributed by atoms with Crippen LogP contribution < -0.4 is 10.6 Å². The number of nitrogens with one attached hydrogen (secondary N) is 2. The molecule has 0 aliphatic carbocycles. The maximum absolute atomic E-state index is 10.7. The molecule has 0 spiro atoms. The normalized spacial score (nSPS) is 41.8. The molecule has 0 aromatic carbocycles. The molecule has 0 aromatic heterocycles. The van der Waals surface area contributed by atoms with E-state index in [-0.39, 0.29) is 5.92 Å². The molecule has 2 fully saturated rings. The number of rotatable bonds is 1. The van der Waals surface area contributed by atoms with Crippen LogP contribution in [0.1, 0.15) is 19.3 Å². The van der Waals surface area contributed by atoms with Gasteiger partial charge in [0.25, 0.3) is 0 Å². The number of hydrogen-bond donors (Lipinski definition) is 2. The smallest absolute Gasteiger partial charge is 0.125 e. The van der Waals surface area contributed by atoms with Crippen molar-refractivity contribution < 1.29 is 4.79 Å². The van der Waals surface area contributed by atoms with Gasteiger partial charge >= 0.3 is 0 Å². The van der Waals surface area contributed by atoms with Crippen LogP contribution in [-0.2, 0) is 4.79 Å². The number of aldehydes is 1. The standard InChI is InChI=1S/C9H16N2O/c12-6-7-4-10-5-8-2-1-3-9(7)11-8/h6-11H,1-5H2. The molecule has 0 amide bonds. The highest BCUT2D eigenvalue weighted by Gasteiger charge is 2.29. The Bertz CT molecular complexity index is 172. The molecule has 3 heteroatoms. The van der Waals surface area contributed by atoms with Gasteiger partial charge in [0, 0.05) is 31.1 Å². The third-order valence-electron chi connectivity index (χ3n) is 2.98. The Hall–Kier alpha value is -0.410. The van der Waals surface area contributed by atoms with Crippen LogP contribution in [0.3, 0.4) is 0 Å². The zero-order valence-corrected chi connectivity index (χ0v) is 7.25. The van der Waals surface area contributed by atoms with Crippen LogP contribution in [0.15, 0.2) is 0 Å². The van der Waals surface area contributed by atoms with Gasteiger partial charge in [-0.25, -0.2) is 0 Å². The molecule has 2 saturated heterocycles. The Morgan fingerprint density at radius 1 is 1.25 bits per heavy atom. The summed E-state index contributed by atoms with van der Waals surface area (Å²) in [4.78, 5) is 10.7. The van der Waals surface area contributed by atoms with Crippen molar-refractivity contribution in [1.29, 1.82) is 0 Å². The molecule has 2 heterocycles. The Morgan fingerprint density at radius 3 is 3.00 bits per heavy atom. The quantitative estimate of drug-likeness (QED) is 0.538. The van der Waals surface area contributed by atoms with Crippen molar-refractivity contribution in [2.45, 2.75) is 31.3 Å². The number of hydrogen-bond acceptors (Lipinski definition) is 3. The molecule has 3 nitrogen and oxygen atoms in total. The van der Waals surface area contributed by atoms with Crippen molar-refractivity contribution in [3.8, 4) is 0 Å². The van der Waals surface area contributed by atoms with Crippen molar-refractivity contribution in [2.75, 3.05) is 13.1 Å². The molecule has 2 N–H and O–H groups in total. The topological polar surface area (TPSA) is 41.1 Å². The molecule has 3 unspecified atom stereocenters. The van der Waals surface area contributed by atoms with Gasteiger partial charge in [-0.3, -0.25) is 0 Å². The van der Waals surface area contributed by atoms with Gasteiger partial charge in [-0.05, 0) is 12.8 Å². The molecular formula is C9H16N2O. The van der Waals surface area contributed by atoms with Crippen LogP contribution in [0, 0.1) is 5.92 Å². The molecule has 3 atom stereocenters. The largest absolute Gasteiger partial charge is 0.314 e. The highest BCUT2D eigenvalue weighted by atomic mass is 16.1. The summed E-state index contributed by atoms with van der Waals surface area (Å²) < 4.78 is 0. The lowest BCUT2D eigenvalue weighted by atomic mass is 9.92. The number of piperidine rings is 1. The summed E-state index contributed by atoms with van der Waals surface area (Å²) in [5.74, 6) is 0.190. The predicted octanol–water partition coefficient (Wildman–Crippen LogP) is -0.0846. The van der Waals surface area contributed by atoms with Crippen molar-refractivity contribution in [2.24, 2.45) is 5.92 Å². The minimum atomic E-state index is 0.190. The van der Waals surface area contributed by atoms with Gasteiger partial charge in [0.2, 0.25) is 0 Å². The maximum Gasteiger partial charge on any atom is 0.125 e. The van der Waals surface area contributed by atoms with E-state index in [9.17, 15) is 4.79 Å². The lowest BCUT2D eigenvalue weighted by Crippen LogP contribution is -2.46. The van der Waals surface area contributed by atoms with Gasteiger partial charge in [-0.15, -0.1) is 0 Å². The van der Waals surface area contributed by atoms with E-state index in [0.29, 0.717) is 12.1 Å². The third-order valence-corrected chi connectivity index (χ3v) is 2.98. The first-order valence-electron chi connectivity index (χ1n) is 4.82. The molecule has 2 bridgehead atoms. The predicted molar refractivity (Wildman–Crippen MR) is 47.0 cm³/mol. The van der Waals surface area contributed by atoms with Crippen LogP contribution in [0.25, 0.3) is 0 Å². The van der Waals surface area contributed by atoms with Crippen molar-refractivity contribution in [3.63, 3.8) is 0 Å². The Labute approximate surface area is 72.9 Å². The molecule has 0 radical (unpaired) electrons. The summed E-state index contributed by atoms with van der Waals surface area (Å²) in [5, 5.41) is 6.85. The van der Waals surface area contributed by atoms with Gasteiger partial charge in [-0.1, -0.05) is 6.42 Å².